The fourth-order valence-corrected chi connectivity index (χ4v) is 3.44. The zero-order valence-corrected chi connectivity index (χ0v) is 16.1. The first kappa shape index (κ1) is 19.8. The van der Waals surface area contributed by atoms with Gasteiger partial charge in [-0.3, -0.25) is 9.20 Å². The van der Waals surface area contributed by atoms with Crippen LogP contribution in [0.5, 0.6) is 0 Å². The second kappa shape index (κ2) is 7.70. The van der Waals surface area contributed by atoms with Crippen molar-refractivity contribution in [3.8, 4) is 0 Å². The van der Waals surface area contributed by atoms with Gasteiger partial charge >= 0.3 is 6.18 Å². The average molecular weight is 412 g/mol. The van der Waals surface area contributed by atoms with Crippen LogP contribution >= 0.6 is 0 Å². The van der Waals surface area contributed by atoms with Crippen LogP contribution in [0, 0.1) is 6.92 Å². The summed E-state index contributed by atoms with van der Waals surface area (Å²) in [7, 11) is 0. The van der Waals surface area contributed by atoms with Crippen molar-refractivity contribution in [2.75, 3.05) is 18.4 Å². The van der Waals surface area contributed by atoms with Crippen LogP contribution in [0.4, 0.5) is 18.9 Å². The number of imidazole rings is 1. The molecule has 8 heteroatoms. The van der Waals surface area contributed by atoms with E-state index in [0.717, 1.165) is 28.7 Å². The maximum Gasteiger partial charge on any atom is 0.417 e. The van der Waals surface area contributed by atoms with Gasteiger partial charge < -0.3 is 10.6 Å². The van der Waals surface area contributed by atoms with E-state index in [-0.39, 0.29) is 5.69 Å². The van der Waals surface area contributed by atoms with Gasteiger partial charge in [0.2, 0.25) is 0 Å². The normalized spacial score (nSPS) is 11.7. The molecule has 0 saturated heterocycles. The number of alkyl halides is 3. The van der Waals surface area contributed by atoms with E-state index in [1.807, 2.05) is 42.5 Å². The number of carbonyl (C=O) groups excluding carboxylic acids is 1. The second-order valence-corrected chi connectivity index (χ2v) is 6.90. The van der Waals surface area contributed by atoms with Crippen molar-refractivity contribution >= 4 is 28.0 Å². The van der Waals surface area contributed by atoms with Gasteiger partial charge in [0.05, 0.1) is 11.3 Å². The van der Waals surface area contributed by atoms with E-state index in [1.54, 1.807) is 6.92 Å². The highest BCUT2D eigenvalue weighted by atomic mass is 19.4. The monoisotopic (exact) mass is 412 g/mol. The van der Waals surface area contributed by atoms with E-state index in [2.05, 4.69) is 15.6 Å². The van der Waals surface area contributed by atoms with Crippen molar-refractivity contribution in [2.24, 2.45) is 0 Å². The largest absolute Gasteiger partial charge is 0.417 e. The number of fused-ring (bicyclic) bond motifs is 2. The number of hydrogen-bond acceptors (Lipinski definition) is 3. The van der Waals surface area contributed by atoms with E-state index < -0.39 is 17.6 Å². The number of aryl methyl sites for hydroxylation is 1. The SMILES string of the molecule is Cc1nc2ccc(C(F)(F)F)cn2c1C(=O)NCCNc1cccc2ccccc12. The number of anilines is 1. The summed E-state index contributed by atoms with van der Waals surface area (Å²) in [5, 5.41) is 8.21. The maximum absolute atomic E-state index is 13.0. The van der Waals surface area contributed by atoms with Crippen LogP contribution in [0.3, 0.4) is 0 Å². The Kier molecular flexibility index (Phi) is 5.07. The van der Waals surface area contributed by atoms with Crippen molar-refractivity contribution in [1.29, 1.82) is 0 Å². The molecule has 0 atom stereocenters. The van der Waals surface area contributed by atoms with Gasteiger partial charge in [-0.25, -0.2) is 4.98 Å². The minimum atomic E-state index is -4.50. The number of amides is 1. The number of nitrogens with zero attached hydrogens (tertiary/aromatic N) is 2. The highest BCUT2D eigenvalue weighted by Crippen LogP contribution is 2.29. The molecule has 0 aliphatic rings. The fraction of sp³-hybridized carbons (Fsp3) is 0.182. The van der Waals surface area contributed by atoms with Gasteiger partial charge in [0, 0.05) is 30.4 Å². The molecule has 4 rings (SSSR count). The van der Waals surface area contributed by atoms with Crippen LogP contribution in [0.1, 0.15) is 21.7 Å². The third-order valence-corrected chi connectivity index (χ3v) is 4.85. The summed E-state index contributed by atoms with van der Waals surface area (Å²) < 4.78 is 40.3. The third kappa shape index (κ3) is 3.80. The number of carbonyl (C=O) groups is 1. The quantitative estimate of drug-likeness (QED) is 0.469. The van der Waals surface area contributed by atoms with Gasteiger partial charge in [-0.1, -0.05) is 36.4 Å². The minimum absolute atomic E-state index is 0.0984. The van der Waals surface area contributed by atoms with Crippen molar-refractivity contribution < 1.29 is 18.0 Å². The summed E-state index contributed by atoms with van der Waals surface area (Å²) in [5.74, 6) is -0.473. The molecular weight excluding hydrogens is 393 g/mol. The first-order chi connectivity index (χ1) is 14.3. The Labute approximate surface area is 170 Å². The second-order valence-electron chi connectivity index (χ2n) is 6.90. The zero-order chi connectivity index (χ0) is 21.3. The van der Waals surface area contributed by atoms with Gasteiger partial charge in [-0.05, 0) is 30.5 Å². The standard InChI is InChI=1S/C22H19F3N4O/c1-14-20(29-13-16(22(23,24)25)9-10-19(29)28-14)21(30)27-12-11-26-18-8-4-6-15-5-2-3-7-17(15)18/h2-10,13,26H,11-12H2,1H3,(H,27,30). The summed E-state index contributed by atoms with van der Waals surface area (Å²) in [6.45, 7) is 2.36. The minimum Gasteiger partial charge on any atom is -0.383 e. The van der Waals surface area contributed by atoms with Gasteiger partial charge in [0.25, 0.3) is 5.91 Å². The molecule has 5 nitrogen and oxygen atoms in total. The van der Waals surface area contributed by atoms with E-state index >= 15 is 0 Å². The van der Waals surface area contributed by atoms with Crippen LogP contribution in [0.25, 0.3) is 16.4 Å². The number of nitrogens with one attached hydrogen (secondary N) is 2. The third-order valence-electron chi connectivity index (χ3n) is 4.85. The Morgan fingerprint density at radius 2 is 1.80 bits per heavy atom. The van der Waals surface area contributed by atoms with E-state index in [1.165, 1.54) is 10.5 Å². The van der Waals surface area contributed by atoms with Crippen LogP contribution in [0.2, 0.25) is 0 Å². The number of rotatable bonds is 5. The smallest absolute Gasteiger partial charge is 0.383 e. The molecule has 0 aliphatic carbocycles. The van der Waals surface area contributed by atoms with Gasteiger partial charge in [-0.15, -0.1) is 0 Å². The predicted molar refractivity (Wildman–Crippen MR) is 110 cm³/mol. The number of pyridine rings is 1. The lowest BCUT2D eigenvalue weighted by molar-refractivity contribution is -0.137. The molecule has 0 bridgehead atoms. The predicted octanol–water partition coefficient (Wildman–Crippen LogP) is 4.66. The van der Waals surface area contributed by atoms with Gasteiger partial charge in [0.15, 0.2) is 0 Å². The molecular formula is C22H19F3N4O. The van der Waals surface area contributed by atoms with Gasteiger partial charge in [-0.2, -0.15) is 13.2 Å². The topological polar surface area (TPSA) is 58.4 Å². The molecule has 30 heavy (non-hydrogen) atoms. The zero-order valence-electron chi connectivity index (χ0n) is 16.1. The number of halogens is 3. The lowest BCUT2D eigenvalue weighted by atomic mass is 10.1. The Hall–Kier alpha value is -3.55. The van der Waals surface area contributed by atoms with Crippen molar-refractivity contribution in [2.45, 2.75) is 13.1 Å². The van der Waals surface area contributed by atoms with Crippen LogP contribution in [-0.4, -0.2) is 28.4 Å². The summed E-state index contributed by atoms with van der Waals surface area (Å²) in [6, 6.07) is 16.1. The molecule has 0 saturated carbocycles. The average Bonchev–Trinajstić information content (AvgIpc) is 3.05. The van der Waals surface area contributed by atoms with Crippen LogP contribution in [-0.2, 0) is 6.18 Å². The highest BCUT2D eigenvalue weighted by Gasteiger charge is 2.31. The van der Waals surface area contributed by atoms with Crippen LogP contribution < -0.4 is 10.6 Å². The maximum atomic E-state index is 13.0. The Bertz CT molecular complexity index is 1220. The molecule has 2 aromatic carbocycles. The Balaban J connectivity index is 1.46. The molecule has 0 spiro atoms. The summed E-state index contributed by atoms with van der Waals surface area (Å²) in [6.07, 6.45) is -3.60. The van der Waals surface area contributed by atoms with Crippen molar-refractivity contribution in [3.63, 3.8) is 0 Å². The molecule has 0 radical (unpaired) electrons. The fourth-order valence-electron chi connectivity index (χ4n) is 3.44. The number of aromatic nitrogens is 2. The first-order valence-corrected chi connectivity index (χ1v) is 9.40. The van der Waals surface area contributed by atoms with Crippen molar-refractivity contribution in [1.82, 2.24) is 14.7 Å². The molecule has 0 aliphatic heterocycles. The molecule has 154 valence electrons. The summed E-state index contributed by atoms with van der Waals surface area (Å²) in [4.78, 5) is 16.8. The Morgan fingerprint density at radius 3 is 2.60 bits per heavy atom. The lowest BCUT2D eigenvalue weighted by Crippen LogP contribution is -2.30. The van der Waals surface area contributed by atoms with Crippen LogP contribution in [0.15, 0.2) is 60.8 Å². The lowest BCUT2D eigenvalue weighted by Gasteiger charge is -2.11. The molecule has 0 fully saturated rings. The molecule has 2 N–H and O–H groups in total. The van der Waals surface area contributed by atoms with Gasteiger partial charge in [0.1, 0.15) is 11.3 Å². The van der Waals surface area contributed by atoms with Crippen molar-refractivity contribution in [3.05, 3.63) is 77.7 Å². The molecule has 2 heterocycles. The number of hydrogen-bond donors (Lipinski definition) is 2. The van der Waals surface area contributed by atoms with E-state index in [9.17, 15) is 18.0 Å². The summed E-state index contributed by atoms with van der Waals surface area (Å²) in [5.41, 5.74) is 0.872. The first-order valence-electron chi connectivity index (χ1n) is 9.40. The molecule has 0 unspecified atom stereocenters. The molecule has 4 aromatic rings. The summed E-state index contributed by atoms with van der Waals surface area (Å²) >= 11 is 0. The molecule has 2 aromatic heterocycles. The molecule has 1 amide bonds. The van der Waals surface area contributed by atoms with E-state index in [0.29, 0.717) is 24.4 Å². The van der Waals surface area contributed by atoms with E-state index in [4.69, 9.17) is 0 Å². The Morgan fingerprint density at radius 1 is 1.03 bits per heavy atom. The highest BCUT2D eigenvalue weighted by molar-refractivity contribution is 5.95. The number of benzene rings is 2.